The monoisotopic (exact) mass is 630 g/mol. The highest BCUT2D eigenvalue weighted by Crippen LogP contribution is 2.23. The lowest BCUT2D eigenvalue weighted by molar-refractivity contribution is -0.138. The van der Waals surface area contributed by atoms with E-state index >= 15 is 0 Å². The van der Waals surface area contributed by atoms with E-state index in [0.717, 1.165) is 19.3 Å². The van der Waals surface area contributed by atoms with Gasteiger partial charge in [0, 0.05) is 29.4 Å². The van der Waals surface area contributed by atoms with Gasteiger partial charge in [-0.25, -0.2) is 9.59 Å². The van der Waals surface area contributed by atoms with Crippen LogP contribution in [0.2, 0.25) is 0 Å². The molecule has 0 aromatic heterocycles. The first-order valence-corrected chi connectivity index (χ1v) is 14.4. The Hall–Kier alpha value is -4.55. The fourth-order valence-corrected chi connectivity index (χ4v) is 4.04. The number of halogens is 3. The van der Waals surface area contributed by atoms with Crippen LogP contribution in [0.4, 0.5) is 24.5 Å². The smallest absolute Gasteiger partial charge is 0.389 e. The van der Waals surface area contributed by atoms with E-state index in [-0.39, 0.29) is 25.2 Å². The molecule has 3 aromatic rings. The predicted molar refractivity (Wildman–Crippen MR) is 163 cm³/mol. The van der Waals surface area contributed by atoms with Crippen molar-refractivity contribution < 1.29 is 46.8 Å². The van der Waals surface area contributed by atoms with Crippen molar-refractivity contribution in [3.05, 3.63) is 89.5 Å². The number of aliphatic hydroxyl groups excluding tert-OH is 1. The van der Waals surface area contributed by atoms with Crippen molar-refractivity contribution in [3.8, 4) is 11.5 Å². The van der Waals surface area contributed by atoms with E-state index in [4.69, 9.17) is 30.4 Å². The number of unbranched alkanes of at least 4 members (excludes halogenated alkanes) is 3. The third kappa shape index (κ3) is 13.7. The van der Waals surface area contributed by atoms with Crippen LogP contribution in [0.5, 0.6) is 11.5 Å². The zero-order valence-electron chi connectivity index (χ0n) is 24.6. The Morgan fingerprint density at radius 3 is 2.07 bits per heavy atom. The molecule has 0 saturated heterocycles. The maximum absolute atomic E-state index is 12.4. The van der Waals surface area contributed by atoms with Crippen molar-refractivity contribution in [1.82, 2.24) is 0 Å². The van der Waals surface area contributed by atoms with Crippen LogP contribution in [-0.4, -0.2) is 43.0 Å². The summed E-state index contributed by atoms with van der Waals surface area (Å²) in [5, 5.41) is 10.1. The molecule has 0 aliphatic carbocycles. The molecule has 0 saturated carbocycles. The summed E-state index contributed by atoms with van der Waals surface area (Å²) in [6.45, 7) is 0.545. The molecular weight excluding hydrogens is 593 g/mol. The Labute approximate surface area is 259 Å². The summed E-state index contributed by atoms with van der Waals surface area (Å²) in [5.74, 6) is -0.449. The minimum absolute atomic E-state index is 0.0875. The van der Waals surface area contributed by atoms with Crippen LogP contribution in [0.1, 0.15) is 66.3 Å². The summed E-state index contributed by atoms with van der Waals surface area (Å²) in [4.78, 5) is 24.4. The molecule has 5 N–H and O–H groups in total. The number of nitrogens with two attached hydrogens (primary N) is 2. The third-order valence-corrected chi connectivity index (χ3v) is 6.31. The van der Waals surface area contributed by atoms with E-state index in [9.17, 15) is 27.9 Å². The van der Waals surface area contributed by atoms with Gasteiger partial charge < -0.3 is 35.5 Å². The van der Waals surface area contributed by atoms with Gasteiger partial charge in [-0.15, -0.1) is 0 Å². The number of nitrogen functional groups attached to an aromatic ring is 2. The second-order valence-electron chi connectivity index (χ2n) is 10.1. The molecular formula is C33H37F3N2O7. The highest BCUT2D eigenvalue weighted by Gasteiger charge is 2.26. The first kappa shape index (κ1) is 34.9. The summed E-state index contributed by atoms with van der Waals surface area (Å²) in [6, 6.07) is 17.2. The highest BCUT2D eigenvalue weighted by molar-refractivity contribution is 5.91. The quantitative estimate of drug-likeness (QED) is 0.0375. The minimum atomic E-state index is -4.22. The molecule has 242 valence electrons. The van der Waals surface area contributed by atoms with Crippen LogP contribution in [0, 0.1) is 0 Å². The summed E-state index contributed by atoms with van der Waals surface area (Å²) in [7, 11) is 0. The Kier molecular flexibility index (Phi) is 13.7. The second kappa shape index (κ2) is 17.7. The van der Waals surface area contributed by atoms with E-state index in [1.807, 2.05) is 0 Å². The van der Waals surface area contributed by atoms with Crippen molar-refractivity contribution in [2.45, 2.75) is 51.0 Å². The van der Waals surface area contributed by atoms with Gasteiger partial charge in [-0.1, -0.05) is 18.6 Å². The molecule has 0 heterocycles. The number of alkyl halides is 3. The number of aliphatic hydroxyl groups is 1. The number of carbonyl (C=O) groups excluding carboxylic acids is 2. The topological polar surface area (TPSA) is 143 Å². The molecule has 0 aliphatic heterocycles. The van der Waals surface area contributed by atoms with Gasteiger partial charge in [0.1, 0.15) is 11.5 Å². The lowest BCUT2D eigenvalue weighted by atomic mass is 10.1. The van der Waals surface area contributed by atoms with Crippen LogP contribution >= 0.6 is 0 Å². The number of esters is 2. The number of carbonyl (C=O) groups is 2. The molecule has 3 aromatic carbocycles. The second-order valence-corrected chi connectivity index (χ2v) is 10.1. The molecule has 12 heteroatoms. The fraction of sp³-hybridized carbons (Fsp3) is 0.333. The van der Waals surface area contributed by atoms with Crippen molar-refractivity contribution in [2.75, 3.05) is 31.3 Å². The maximum atomic E-state index is 12.4. The number of hydrogen-bond donors (Lipinski definition) is 3. The average molecular weight is 631 g/mol. The maximum Gasteiger partial charge on any atom is 0.389 e. The molecule has 3 rings (SSSR count). The molecule has 1 unspecified atom stereocenters. The van der Waals surface area contributed by atoms with Gasteiger partial charge in [0.15, 0.2) is 6.29 Å². The zero-order valence-corrected chi connectivity index (χ0v) is 24.6. The Bertz CT molecular complexity index is 1370. The van der Waals surface area contributed by atoms with Crippen molar-refractivity contribution in [2.24, 2.45) is 0 Å². The predicted octanol–water partition coefficient (Wildman–Crippen LogP) is 6.62. The van der Waals surface area contributed by atoms with Crippen LogP contribution in [0.3, 0.4) is 0 Å². The largest absolute Gasteiger partial charge is 0.494 e. The number of benzene rings is 3. The van der Waals surface area contributed by atoms with E-state index in [1.165, 1.54) is 30.3 Å². The molecule has 9 nitrogen and oxygen atoms in total. The Morgan fingerprint density at radius 1 is 0.800 bits per heavy atom. The summed E-state index contributed by atoms with van der Waals surface area (Å²) >= 11 is 0. The van der Waals surface area contributed by atoms with Crippen LogP contribution in [0.15, 0.2) is 72.8 Å². The molecule has 0 amide bonds. The van der Waals surface area contributed by atoms with Gasteiger partial charge >= 0.3 is 18.1 Å². The molecule has 0 fully saturated rings. The number of rotatable bonds is 17. The minimum Gasteiger partial charge on any atom is -0.494 e. The number of hydrogen-bond acceptors (Lipinski definition) is 9. The molecule has 0 bridgehead atoms. The van der Waals surface area contributed by atoms with Crippen molar-refractivity contribution in [1.29, 1.82) is 0 Å². The zero-order chi connectivity index (χ0) is 32.7. The molecule has 1 atom stereocenters. The van der Waals surface area contributed by atoms with Crippen LogP contribution < -0.4 is 20.9 Å². The van der Waals surface area contributed by atoms with Crippen LogP contribution in [0.25, 0.3) is 6.08 Å². The summed E-state index contributed by atoms with van der Waals surface area (Å²) < 4.78 is 57.9. The average Bonchev–Trinajstić information content (AvgIpc) is 2.99. The Morgan fingerprint density at radius 2 is 1.42 bits per heavy atom. The SMILES string of the molecule is Nc1cc(N)cc(C(O)OCCCCCCOC(=O)/C=C/c2ccc(OC(=O)c3ccc(OCCCC(F)(F)F)cc3)cc2)c1. The van der Waals surface area contributed by atoms with Crippen molar-refractivity contribution >= 4 is 29.4 Å². The van der Waals surface area contributed by atoms with Gasteiger partial charge in [-0.05, 0) is 91.9 Å². The lowest BCUT2D eigenvalue weighted by Gasteiger charge is -2.13. The molecule has 0 spiro atoms. The Balaban J connectivity index is 1.27. The molecule has 0 radical (unpaired) electrons. The standard InChI is InChI=1S/C33H37F3N2O7/c34-33(35,36)16-5-19-42-28-13-9-24(10-14-28)32(41)45-29-11-6-23(7-12-29)8-15-30(39)43-17-3-1-2-4-18-44-31(40)25-20-26(37)22-27(38)21-25/h6-15,20-22,31,40H,1-5,16-19,37-38H2/b15-8+. The number of anilines is 2. The first-order chi connectivity index (χ1) is 21.5. The summed E-state index contributed by atoms with van der Waals surface area (Å²) in [5.41, 5.74) is 13.8. The molecule has 0 aliphatic rings. The fourth-order valence-electron chi connectivity index (χ4n) is 4.04. The molecule has 45 heavy (non-hydrogen) atoms. The van der Waals surface area contributed by atoms with E-state index in [0.29, 0.717) is 47.0 Å². The third-order valence-electron chi connectivity index (χ3n) is 6.31. The van der Waals surface area contributed by atoms with Crippen molar-refractivity contribution in [3.63, 3.8) is 0 Å². The van der Waals surface area contributed by atoms with E-state index < -0.39 is 30.8 Å². The van der Waals surface area contributed by atoms with E-state index in [2.05, 4.69) is 0 Å². The van der Waals surface area contributed by atoms with Gasteiger partial charge in [-0.3, -0.25) is 0 Å². The van der Waals surface area contributed by atoms with Gasteiger partial charge in [0.25, 0.3) is 0 Å². The van der Waals surface area contributed by atoms with Gasteiger partial charge in [0.2, 0.25) is 0 Å². The lowest BCUT2D eigenvalue weighted by Crippen LogP contribution is -2.10. The normalized spacial score (nSPS) is 12.2. The first-order valence-electron chi connectivity index (χ1n) is 14.4. The highest BCUT2D eigenvalue weighted by atomic mass is 19.4. The number of ether oxygens (including phenoxy) is 4. The van der Waals surface area contributed by atoms with Gasteiger partial charge in [0.05, 0.1) is 25.4 Å². The van der Waals surface area contributed by atoms with Crippen LogP contribution in [-0.2, 0) is 14.3 Å². The van der Waals surface area contributed by atoms with E-state index in [1.54, 1.807) is 48.5 Å². The summed E-state index contributed by atoms with van der Waals surface area (Å²) in [6.07, 6.45) is -0.434. The van der Waals surface area contributed by atoms with Gasteiger partial charge in [-0.2, -0.15) is 13.2 Å².